The molecule has 1 aromatic heterocycles. The third kappa shape index (κ3) is 2.53. The molecule has 1 unspecified atom stereocenters. The van der Waals surface area contributed by atoms with E-state index in [0.717, 1.165) is 26.2 Å². The Hall–Kier alpha value is -1.43. The highest BCUT2D eigenvalue weighted by Crippen LogP contribution is 2.20. The maximum absolute atomic E-state index is 13.8. The smallest absolute Gasteiger partial charge is 0.224 e. The minimum absolute atomic E-state index is 0.355. The van der Waals surface area contributed by atoms with Gasteiger partial charge in [0.2, 0.25) is 5.95 Å². The summed E-state index contributed by atoms with van der Waals surface area (Å²) in [4.78, 5) is 12.5. The Morgan fingerprint density at radius 1 is 1.50 bits per heavy atom. The highest BCUT2D eigenvalue weighted by atomic mass is 19.1. The Bertz CT molecular complexity index is 411. The predicted molar refractivity (Wildman–Crippen MR) is 70.5 cm³/mol. The highest BCUT2D eigenvalue weighted by Gasteiger charge is 2.25. The van der Waals surface area contributed by atoms with Crippen molar-refractivity contribution in [3.8, 4) is 0 Å². The average Bonchev–Trinajstić information content (AvgIpc) is 2.39. The number of nitrogens with one attached hydrogen (secondary N) is 1. The van der Waals surface area contributed by atoms with Gasteiger partial charge in [-0.2, -0.15) is 4.98 Å². The Balaban J connectivity index is 2.17. The van der Waals surface area contributed by atoms with Gasteiger partial charge in [-0.25, -0.2) is 9.37 Å². The average molecular weight is 253 g/mol. The number of nitrogens with zero attached hydrogens (tertiary/aromatic N) is 4. The van der Waals surface area contributed by atoms with Crippen molar-refractivity contribution in [1.29, 1.82) is 0 Å². The molecule has 0 radical (unpaired) electrons. The molecule has 0 amide bonds. The van der Waals surface area contributed by atoms with Crippen LogP contribution in [0.15, 0.2) is 6.20 Å². The van der Waals surface area contributed by atoms with Crippen molar-refractivity contribution in [1.82, 2.24) is 14.9 Å². The lowest BCUT2D eigenvalue weighted by atomic mass is 10.2. The number of halogens is 1. The summed E-state index contributed by atoms with van der Waals surface area (Å²) in [5.41, 5.74) is 0. The molecule has 1 aliphatic heterocycles. The van der Waals surface area contributed by atoms with Crippen molar-refractivity contribution in [2.75, 3.05) is 43.4 Å². The van der Waals surface area contributed by atoms with Crippen molar-refractivity contribution in [3.63, 3.8) is 0 Å². The van der Waals surface area contributed by atoms with Crippen LogP contribution in [-0.4, -0.2) is 54.1 Å². The molecule has 5 nitrogen and oxygen atoms in total. The summed E-state index contributed by atoms with van der Waals surface area (Å²) in [6.45, 7) is 7.88. The van der Waals surface area contributed by atoms with Crippen molar-refractivity contribution in [2.45, 2.75) is 19.9 Å². The van der Waals surface area contributed by atoms with E-state index in [0.29, 0.717) is 17.8 Å². The van der Waals surface area contributed by atoms with Crippen LogP contribution >= 0.6 is 0 Å². The van der Waals surface area contributed by atoms with E-state index in [-0.39, 0.29) is 5.82 Å². The van der Waals surface area contributed by atoms with Gasteiger partial charge in [0.25, 0.3) is 0 Å². The molecular formula is C12H20FN5. The largest absolute Gasteiger partial charge is 0.357 e. The molecule has 1 N–H and O–H groups in total. The molecule has 1 aliphatic rings. The Kier molecular flexibility index (Phi) is 3.96. The lowest BCUT2D eigenvalue weighted by Crippen LogP contribution is -2.52. The lowest BCUT2D eigenvalue weighted by molar-refractivity contribution is 0.198. The minimum Gasteiger partial charge on any atom is -0.357 e. The second-order valence-corrected chi connectivity index (χ2v) is 4.54. The molecular weight excluding hydrogens is 233 g/mol. The van der Waals surface area contributed by atoms with E-state index >= 15 is 0 Å². The van der Waals surface area contributed by atoms with Gasteiger partial charge in [0.05, 0.1) is 6.20 Å². The number of anilines is 2. The van der Waals surface area contributed by atoms with Gasteiger partial charge < -0.3 is 10.2 Å². The van der Waals surface area contributed by atoms with Gasteiger partial charge >= 0.3 is 0 Å². The van der Waals surface area contributed by atoms with Gasteiger partial charge in [0.15, 0.2) is 11.6 Å². The number of likely N-dealkylation sites (N-methyl/N-ethyl adjacent to an activating group) is 1. The van der Waals surface area contributed by atoms with Gasteiger partial charge in [-0.1, -0.05) is 6.92 Å². The summed E-state index contributed by atoms with van der Waals surface area (Å²) < 4.78 is 13.8. The van der Waals surface area contributed by atoms with Gasteiger partial charge in [0, 0.05) is 32.7 Å². The summed E-state index contributed by atoms with van der Waals surface area (Å²) in [6.07, 6.45) is 1.23. The quantitative estimate of drug-likeness (QED) is 0.876. The van der Waals surface area contributed by atoms with E-state index in [9.17, 15) is 4.39 Å². The van der Waals surface area contributed by atoms with Crippen molar-refractivity contribution >= 4 is 11.8 Å². The number of piperazine rings is 1. The molecule has 1 aromatic rings. The molecule has 2 rings (SSSR count). The molecule has 6 heteroatoms. The lowest BCUT2D eigenvalue weighted by Gasteiger charge is -2.39. The van der Waals surface area contributed by atoms with E-state index in [2.05, 4.69) is 34.0 Å². The molecule has 0 saturated carbocycles. The van der Waals surface area contributed by atoms with Crippen LogP contribution in [0.25, 0.3) is 0 Å². The first-order valence-corrected chi connectivity index (χ1v) is 6.35. The molecule has 0 bridgehead atoms. The van der Waals surface area contributed by atoms with Crippen LogP contribution in [0.4, 0.5) is 16.2 Å². The van der Waals surface area contributed by atoms with Crippen LogP contribution < -0.4 is 10.2 Å². The second-order valence-electron chi connectivity index (χ2n) is 4.54. The Labute approximate surface area is 107 Å². The fraction of sp³-hybridized carbons (Fsp3) is 0.667. The molecule has 0 aliphatic carbocycles. The molecule has 1 saturated heterocycles. The molecule has 1 atom stereocenters. The topological polar surface area (TPSA) is 44.3 Å². The summed E-state index contributed by atoms with van der Waals surface area (Å²) >= 11 is 0. The minimum atomic E-state index is -0.355. The first-order chi connectivity index (χ1) is 8.65. The van der Waals surface area contributed by atoms with Gasteiger partial charge in [-0.3, -0.25) is 4.90 Å². The van der Waals surface area contributed by atoms with Crippen LogP contribution in [0.3, 0.4) is 0 Å². The van der Waals surface area contributed by atoms with Crippen LogP contribution in [0.2, 0.25) is 0 Å². The summed E-state index contributed by atoms with van der Waals surface area (Å²) in [5, 5.41) is 2.84. The summed E-state index contributed by atoms with van der Waals surface area (Å²) in [6, 6.07) is 0.413. The fourth-order valence-electron chi connectivity index (χ4n) is 2.36. The predicted octanol–water partition coefficient (Wildman–Crippen LogP) is 1.19. The summed E-state index contributed by atoms with van der Waals surface area (Å²) in [5.74, 6) is 0.500. The fourth-order valence-corrected chi connectivity index (χ4v) is 2.36. The van der Waals surface area contributed by atoms with E-state index < -0.39 is 0 Å². The molecule has 0 aromatic carbocycles. The number of aromatic nitrogens is 2. The van der Waals surface area contributed by atoms with E-state index in [1.165, 1.54) is 6.20 Å². The Morgan fingerprint density at radius 3 is 2.89 bits per heavy atom. The van der Waals surface area contributed by atoms with Crippen LogP contribution in [0.5, 0.6) is 0 Å². The van der Waals surface area contributed by atoms with Crippen molar-refractivity contribution in [2.24, 2.45) is 0 Å². The van der Waals surface area contributed by atoms with Crippen LogP contribution in [-0.2, 0) is 0 Å². The summed E-state index contributed by atoms with van der Waals surface area (Å²) in [7, 11) is 1.73. The Morgan fingerprint density at radius 2 is 2.28 bits per heavy atom. The third-order valence-corrected chi connectivity index (χ3v) is 3.42. The third-order valence-electron chi connectivity index (χ3n) is 3.42. The van der Waals surface area contributed by atoms with Gasteiger partial charge in [-0.05, 0) is 13.5 Å². The maximum atomic E-state index is 13.8. The van der Waals surface area contributed by atoms with Gasteiger partial charge in [-0.15, -0.1) is 0 Å². The second kappa shape index (κ2) is 5.48. The first-order valence-electron chi connectivity index (χ1n) is 6.35. The first kappa shape index (κ1) is 13.0. The van der Waals surface area contributed by atoms with Crippen LogP contribution in [0, 0.1) is 5.82 Å². The normalized spacial score (nSPS) is 21.1. The molecule has 100 valence electrons. The van der Waals surface area contributed by atoms with E-state index in [1.54, 1.807) is 7.05 Å². The number of hydrogen-bond donors (Lipinski definition) is 1. The molecule has 1 fully saturated rings. The zero-order chi connectivity index (χ0) is 13.1. The van der Waals surface area contributed by atoms with Crippen molar-refractivity contribution < 1.29 is 4.39 Å². The zero-order valence-electron chi connectivity index (χ0n) is 11.1. The molecule has 2 heterocycles. The SMILES string of the molecule is CCN1CCN(c2nc(NC)ncc2F)CC1C. The zero-order valence-corrected chi connectivity index (χ0v) is 11.1. The molecule has 18 heavy (non-hydrogen) atoms. The van der Waals surface area contributed by atoms with Crippen molar-refractivity contribution in [3.05, 3.63) is 12.0 Å². The maximum Gasteiger partial charge on any atom is 0.224 e. The van der Waals surface area contributed by atoms with Gasteiger partial charge in [0.1, 0.15) is 0 Å². The monoisotopic (exact) mass is 253 g/mol. The van der Waals surface area contributed by atoms with E-state index in [4.69, 9.17) is 0 Å². The number of rotatable bonds is 3. The standard InChI is InChI=1S/C12H20FN5/c1-4-17-5-6-18(8-9(17)2)11-10(13)7-15-12(14-3)16-11/h7,9H,4-6,8H2,1-3H3,(H,14,15,16). The van der Waals surface area contributed by atoms with E-state index in [1.807, 2.05) is 4.90 Å². The molecule has 0 spiro atoms. The van der Waals surface area contributed by atoms with Crippen LogP contribution in [0.1, 0.15) is 13.8 Å². The number of hydrogen-bond acceptors (Lipinski definition) is 5. The highest BCUT2D eigenvalue weighted by molar-refractivity contribution is 5.44.